The first-order valence-electron chi connectivity index (χ1n) is 8.14. The Kier molecular flexibility index (Phi) is 10.8. The number of hydrogen-bond donors (Lipinski definition) is 3. The molecule has 7 nitrogen and oxygen atoms in total. The summed E-state index contributed by atoms with van der Waals surface area (Å²) in [5.41, 5.74) is 0.898. The molecule has 0 aliphatic carbocycles. The molecular formula is C17H25IN4O3S2. The number of hydrogen-bond acceptors (Lipinski definition) is 5. The molecule has 150 valence electrons. The average molecular weight is 524 g/mol. The summed E-state index contributed by atoms with van der Waals surface area (Å²) in [5.74, 6) is 2.60. The maximum absolute atomic E-state index is 11.3. The maximum Gasteiger partial charge on any atom is 0.238 e. The summed E-state index contributed by atoms with van der Waals surface area (Å²) >= 11 is 1.75. The Morgan fingerprint density at radius 3 is 2.48 bits per heavy atom. The van der Waals surface area contributed by atoms with Gasteiger partial charge in [-0.15, -0.1) is 24.0 Å². The lowest BCUT2D eigenvalue weighted by atomic mass is 10.2. The lowest BCUT2D eigenvalue weighted by Gasteiger charge is -2.12. The van der Waals surface area contributed by atoms with Gasteiger partial charge in [0.2, 0.25) is 10.0 Å². The second-order valence-electron chi connectivity index (χ2n) is 5.53. The van der Waals surface area contributed by atoms with Crippen LogP contribution in [-0.4, -0.2) is 39.5 Å². The number of primary sulfonamides is 1. The van der Waals surface area contributed by atoms with Gasteiger partial charge in [0.15, 0.2) is 5.96 Å². The lowest BCUT2D eigenvalue weighted by molar-refractivity contribution is 0.507. The smallest absolute Gasteiger partial charge is 0.238 e. The number of nitrogens with two attached hydrogens (primary N) is 1. The highest BCUT2D eigenvalue weighted by Crippen LogP contribution is 2.09. The number of aliphatic imine (C=N–C) groups is 1. The quantitative estimate of drug-likeness (QED) is 0.201. The Hall–Kier alpha value is -1.24. The number of benzene rings is 1. The maximum atomic E-state index is 11.3. The molecule has 0 fully saturated rings. The van der Waals surface area contributed by atoms with Crippen molar-refractivity contribution in [3.8, 4) is 0 Å². The normalized spacial score (nSPS) is 11.7. The van der Waals surface area contributed by atoms with Crippen molar-refractivity contribution < 1.29 is 12.8 Å². The molecule has 0 saturated heterocycles. The molecule has 0 amide bonds. The number of rotatable bonds is 9. The predicted octanol–water partition coefficient (Wildman–Crippen LogP) is 2.19. The standard InChI is InChI=1S/C17H24N4O3S2.HI/c1-25-12-10-20-17(19-9-8-15-3-2-11-24-15)21-13-14-4-6-16(7-5-14)26(18,22)23;/h2-7,11H,8-10,12-13H2,1H3,(H2,18,22,23)(H2,19,20,21);1H. The van der Waals surface area contributed by atoms with Crippen molar-refractivity contribution in [2.24, 2.45) is 10.1 Å². The lowest BCUT2D eigenvalue weighted by Crippen LogP contribution is -2.39. The number of nitrogens with zero attached hydrogens (tertiary/aromatic N) is 1. The molecule has 0 radical (unpaired) electrons. The number of halogens is 1. The van der Waals surface area contributed by atoms with Gasteiger partial charge in [-0.2, -0.15) is 11.8 Å². The highest BCUT2D eigenvalue weighted by atomic mass is 127. The monoisotopic (exact) mass is 524 g/mol. The van der Waals surface area contributed by atoms with Crippen LogP contribution in [0.4, 0.5) is 0 Å². The van der Waals surface area contributed by atoms with Crippen LogP contribution in [0.25, 0.3) is 0 Å². The van der Waals surface area contributed by atoms with Gasteiger partial charge >= 0.3 is 0 Å². The third-order valence-corrected chi connectivity index (χ3v) is 5.06. The van der Waals surface area contributed by atoms with E-state index in [1.54, 1.807) is 30.2 Å². The summed E-state index contributed by atoms with van der Waals surface area (Å²) in [4.78, 5) is 4.65. The van der Waals surface area contributed by atoms with Crippen LogP contribution in [0, 0.1) is 0 Å². The first-order valence-corrected chi connectivity index (χ1v) is 11.1. The van der Waals surface area contributed by atoms with Crippen molar-refractivity contribution in [3.05, 3.63) is 54.0 Å². The molecule has 0 aliphatic heterocycles. The van der Waals surface area contributed by atoms with Crippen LogP contribution in [0.1, 0.15) is 11.3 Å². The fraction of sp³-hybridized carbons (Fsp3) is 0.353. The van der Waals surface area contributed by atoms with E-state index in [9.17, 15) is 8.42 Å². The zero-order valence-electron chi connectivity index (χ0n) is 15.1. The molecule has 10 heteroatoms. The second-order valence-corrected chi connectivity index (χ2v) is 8.08. The van der Waals surface area contributed by atoms with E-state index in [-0.39, 0.29) is 28.9 Å². The zero-order valence-corrected chi connectivity index (χ0v) is 19.0. The minimum Gasteiger partial charge on any atom is -0.469 e. The number of nitrogens with one attached hydrogen (secondary N) is 2. The highest BCUT2D eigenvalue weighted by molar-refractivity contribution is 14.0. The van der Waals surface area contributed by atoms with Crippen molar-refractivity contribution in [3.63, 3.8) is 0 Å². The minimum atomic E-state index is -3.67. The van der Waals surface area contributed by atoms with Gasteiger partial charge in [-0.25, -0.2) is 18.5 Å². The summed E-state index contributed by atoms with van der Waals surface area (Å²) in [7, 11) is -3.67. The van der Waals surface area contributed by atoms with E-state index in [1.165, 1.54) is 12.1 Å². The third kappa shape index (κ3) is 9.00. The van der Waals surface area contributed by atoms with Gasteiger partial charge in [0.1, 0.15) is 5.76 Å². The summed E-state index contributed by atoms with van der Waals surface area (Å²) < 4.78 is 27.9. The fourth-order valence-corrected chi connectivity index (χ4v) is 2.98. The Labute approximate surface area is 181 Å². The summed E-state index contributed by atoms with van der Waals surface area (Å²) in [6, 6.07) is 10.2. The van der Waals surface area contributed by atoms with Gasteiger partial charge in [0, 0.05) is 25.3 Å². The van der Waals surface area contributed by atoms with Gasteiger partial charge in [-0.05, 0) is 36.1 Å². The van der Waals surface area contributed by atoms with E-state index in [2.05, 4.69) is 21.9 Å². The Morgan fingerprint density at radius 2 is 1.89 bits per heavy atom. The SMILES string of the molecule is CSCCNC(=NCc1ccc(S(N)(=O)=O)cc1)NCCc1ccco1.I. The minimum absolute atomic E-state index is 0. The first-order chi connectivity index (χ1) is 12.5. The Morgan fingerprint density at radius 1 is 1.19 bits per heavy atom. The van der Waals surface area contributed by atoms with E-state index >= 15 is 0 Å². The van der Waals surface area contributed by atoms with Crippen LogP contribution in [0.5, 0.6) is 0 Å². The van der Waals surface area contributed by atoms with Crippen LogP contribution < -0.4 is 15.8 Å². The molecule has 0 saturated carbocycles. The van der Waals surface area contributed by atoms with E-state index in [4.69, 9.17) is 9.56 Å². The van der Waals surface area contributed by atoms with E-state index in [0.29, 0.717) is 19.0 Å². The Bertz CT molecular complexity index is 794. The largest absolute Gasteiger partial charge is 0.469 e. The van der Waals surface area contributed by atoms with Crippen LogP contribution in [0.2, 0.25) is 0 Å². The van der Waals surface area contributed by atoms with Gasteiger partial charge in [0.25, 0.3) is 0 Å². The van der Waals surface area contributed by atoms with Crippen LogP contribution in [-0.2, 0) is 23.0 Å². The van der Waals surface area contributed by atoms with Crippen molar-refractivity contribution in [1.82, 2.24) is 10.6 Å². The molecular weight excluding hydrogens is 499 g/mol. The third-order valence-electron chi connectivity index (χ3n) is 3.51. The molecule has 0 bridgehead atoms. The molecule has 4 N–H and O–H groups in total. The molecule has 0 aliphatic rings. The average Bonchev–Trinajstić information content (AvgIpc) is 3.12. The van der Waals surface area contributed by atoms with E-state index in [0.717, 1.165) is 30.0 Å². The molecule has 0 spiro atoms. The second kappa shape index (κ2) is 12.3. The molecule has 1 aromatic carbocycles. The predicted molar refractivity (Wildman–Crippen MR) is 121 cm³/mol. The van der Waals surface area contributed by atoms with Gasteiger partial charge < -0.3 is 15.1 Å². The van der Waals surface area contributed by atoms with E-state index in [1.807, 2.05) is 12.1 Å². The van der Waals surface area contributed by atoms with Gasteiger partial charge in [-0.1, -0.05) is 12.1 Å². The number of sulfonamides is 1. The molecule has 27 heavy (non-hydrogen) atoms. The van der Waals surface area contributed by atoms with Crippen molar-refractivity contribution in [2.45, 2.75) is 17.9 Å². The summed E-state index contributed by atoms with van der Waals surface area (Å²) in [6.45, 7) is 1.93. The summed E-state index contributed by atoms with van der Waals surface area (Å²) in [6.07, 6.45) is 4.47. The van der Waals surface area contributed by atoms with Crippen LogP contribution in [0.3, 0.4) is 0 Å². The van der Waals surface area contributed by atoms with Gasteiger partial charge in [-0.3, -0.25) is 0 Å². The van der Waals surface area contributed by atoms with Crippen molar-refractivity contribution in [2.75, 3.05) is 25.1 Å². The molecule has 2 aromatic rings. The Balaban J connectivity index is 0.00000364. The molecule has 1 aromatic heterocycles. The van der Waals surface area contributed by atoms with E-state index < -0.39 is 10.0 Å². The number of thioether (sulfide) groups is 1. The summed E-state index contributed by atoms with van der Waals surface area (Å²) in [5, 5.41) is 11.7. The molecule has 0 atom stereocenters. The van der Waals surface area contributed by atoms with Crippen LogP contribution >= 0.6 is 35.7 Å². The first kappa shape index (κ1) is 23.8. The topological polar surface area (TPSA) is 110 Å². The number of guanidine groups is 1. The van der Waals surface area contributed by atoms with Gasteiger partial charge in [0.05, 0.1) is 17.7 Å². The zero-order chi connectivity index (χ0) is 18.8. The fourth-order valence-electron chi connectivity index (χ4n) is 2.16. The number of furan rings is 1. The highest BCUT2D eigenvalue weighted by Gasteiger charge is 2.06. The van der Waals surface area contributed by atoms with Crippen molar-refractivity contribution in [1.29, 1.82) is 0 Å². The van der Waals surface area contributed by atoms with Crippen LogP contribution in [0.15, 0.2) is 57.0 Å². The van der Waals surface area contributed by atoms with Crippen molar-refractivity contribution >= 4 is 51.7 Å². The molecule has 1 heterocycles. The molecule has 0 unspecified atom stereocenters. The molecule has 2 rings (SSSR count).